The highest BCUT2D eigenvalue weighted by atomic mass is 32.2. The van der Waals surface area contributed by atoms with Gasteiger partial charge in [0.15, 0.2) is 0 Å². The number of ether oxygens (including phenoxy) is 1. The largest absolute Gasteiger partial charge is 0.394 e. The third kappa shape index (κ3) is 5.14. The third-order valence-electron chi connectivity index (χ3n) is 2.27. The second-order valence-electron chi connectivity index (χ2n) is 3.68. The summed E-state index contributed by atoms with van der Waals surface area (Å²) >= 11 is 0.314. The van der Waals surface area contributed by atoms with E-state index in [2.05, 4.69) is 5.32 Å². The van der Waals surface area contributed by atoms with E-state index in [-0.39, 0.29) is 23.7 Å². The van der Waals surface area contributed by atoms with Crippen LogP contribution in [0.15, 0.2) is 29.2 Å². The number of nitrogens with one attached hydrogen (secondary N) is 1. The SMILES string of the molecule is COCC(CO)NC(=O)c1ccccc1SC(F)F. The molecule has 0 aliphatic rings. The van der Waals surface area contributed by atoms with E-state index >= 15 is 0 Å². The quantitative estimate of drug-likeness (QED) is 0.751. The summed E-state index contributed by atoms with van der Waals surface area (Å²) in [6, 6.07) is 5.52. The van der Waals surface area contributed by atoms with Gasteiger partial charge in [0.25, 0.3) is 11.7 Å². The lowest BCUT2D eigenvalue weighted by Crippen LogP contribution is -2.40. The molecule has 0 saturated heterocycles. The Morgan fingerprint density at radius 1 is 1.47 bits per heavy atom. The van der Waals surface area contributed by atoms with Crippen LogP contribution in [0.4, 0.5) is 8.78 Å². The lowest BCUT2D eigenvalue weighted by molar-refractivity contribution is 0.0837. The number of benzene rings is 1. The fourth-order valence-electron chi connectivity index (χ4n) is 1.46. The number of halogens is 2. The Hall–Kier alpha value is -1.18. The normalized spacial score (nSPS) is 12.5. The van der Waals surface area contributed by atoms with Crippen molar-refractivity contribution in [2.24, 2.45) is 0 Å². The van der Waals surface area contributed by atoms with Gasteiger partial charge in [-0.2, -0.15) is 8.78 Å². The molecule has 1 rings (SSSR count). The van der Waals surface area contributed by atoms with Gasteiger partial charge in [0, 0.05) is 12.0 Å². The maximum atomic E-state index is 12.4. The number of rotatable bonds is 7. The van der Waals surface area contributed by atoms with Crippen molar-refractivity contribution in [2.45, 2.75) is 16.7 Å². The van der Waals surface area contributed by atoms with Crippen molar-refractivity contribution in [1.29, 1.82) is 0 Å². The lowest BCUT2D eigenvalue weighted by atomic mass is 10.2. The summed E-state index contributed by atoms with van der Waals surface area (Å²) in [7, 11) is 1.44. The van der Waals surface area contributed by atoms with Gasteiger partial charge in [0.05, 0.1) is 24.8 Å². The molecule has 19 heavy (non-hydrogen) atoms. The first-order chi connectivity index (χ1) is 9.08. The number of methoxy groups -OCH3 is 1. The fourth-order valence-corrected chi connectivity index (χ4v) is 2.09. The number of carbonyl (C=O) groups is 1. The molecule has 1 aromatic carbocycles. The smallest absolute Gasteiger partial charge is 0.288 e. The number of aliphatic hydroxyl groups excluding tert-OH is 1. The molecule has 1 unspecified atom stereocenters. The van der Waals surface area contributed by atoms with E-state index in [1.807, 2.05) is 0 Å². The van der Waals surface area contributed by atoms with Gasteiger partial charge in [0.2, 0.25) is 0 Å². The third-order valence-corrected chi connectivity index (χ3v) is 3.06. The van der Waals surface area contributed by atoms with Gasteiger partial charge >= 0.3 is 0 Å². The molecule has 4 nitrogen and oxygen atoms in total. The van der Waals surface area contributed by atoms with Crippen molar-refractivity contribution in [2.75, 3.05) is 20.3 Å². The molecule has 0 bridgehead atoms. The molecule has 0 fully saturated rings. The van der Waals surface area contributed by atoms with Gasteiger partial charge in [-0.15, -0.1) is 0 Å². The standard InChI is InChI=1S/C12H15F2NO3S/c1-18-7-8(6-16)15-11(17)9-4-2-3-5-10(9)19-12(13)14/h2-5,8,12,16H,6-7H2,1H3,(H,15,17). The molecule has 0 saturated carbocycles. The molecule has 0 spiro atoms. The molecular formula is C12H15F2NO3S. The van der Waals surface area contributed by atoms with Crippen molar-refractivity contribution in [1.82, 2.24) is 5.32 Å². The van der Waals surface area contributed by atoms with Gasteiger partial charge in [-0.25, -0.2) is 0 Å². The zero-order valence-electron chi connectivity index (χ0n) is 10.3. The van der Waals surface area contributed by atoms with Crippen molar-refractivity contribution >= 4 is 17.7 Å². The van der Waals surface area contributed by atoms with Crippen LogP contribution in [0.25, 0.3) is 0 Å². The molecule has 7 heteroatoms. The zero-order valence-corrected chi connectivity index (χ0v) is 11.1. The minimum atomic E-state index is -2.60. The van der Waals surface area contributed by atoms with E-state index in [1.165, 1.54) is 19.2 Å². The Bertz CT molecular complexity index is 418. The van der Waals surface area contributed by atoms with Gasteiger partial charge in [-0.05, 0) is 12.1 Å². The average Bonchev–Trinajstić information content (AvgIpc) is 2.38. The molecule has 0 aliphatic carbocycles. The molecule has 2 N–H and O–H groups in total. The van der Waals surface area contributed by atoms with Crippen LogP contribution in [0.2, 0.25) is 0 Å². The average molecular weight is 291 g/mol. The molecule has 1 amide bonds. The van der Waals surface area contributed by atoms with Crippen LogP contribution in [-0.2, 0) is 4.74 Å². The summed E-state index contributed by atoms with van der Waals surface area (Å²) in [6.45, 7) is -0.143. The van der Waals surface area contributed by atoms with Gasteiger partial charge in [-0.3, -0.25) is 4.79 Å². The van der Waals surface area contributed by atoms with E-state index in [4.69, 9.17) is 9.84 Å². The topological polar surface area (TPSA) is 58.6 Å². The second kappa shape index (κ2) is 8.08. The van der Waals surface area contributed by atoms with Crippen LogP contribution in [0.5, 0.6) is 0 Å². The molecule has 0 radical (unpaired) electrons. The van der Waals surface area contributed by atoms with Crippen LogP contribution in [0.3, 0.4) is 0 Å². The predicted octanol–water partition coefficient (Wildman–Crippen LogP) is 1.74. The molecule has 106 valence electrons. The van der Waals surface area contributed by atoms with Crippen LogP contribution in [0.1, 0.15) is 10.4 Å². The van der Waals surface area contributed by atoms with Crippen molar-refractivity contribution in [3.63, 3.8) is 0 Å². The molecule has 0 aromatic heterocycles. The zero-order chi connectivity index (χ0) is 14.3. The molecule has 1 atom stereocenters. The lowest BCUT2D eigenvalue weighted by Gasteiger charge is -2.16. The Morgan fingerprint density at radius 3 is 2.74 bits per heavy atom. The molecular weight excluding hydrogens is 276 g/mol. The van der Waals surface area contributed by atoms with Crippen LogP contribution < -0.4 is 5.32 Å². The maximum absolute atomic E-state index is 12.4. The first-order valence-electron chi connectivity index (χ1n) is 5.53. The number of thioether (sulfide) groups is 1. The Kier molecular flexibility index (Phi) is 6.75. The number of hydrogen-bond donors (Lipinski definition) is 2. The first-order valence-corrected chi connectivity index (χ1v) is 6.41. The monoisotopic (exact) mass is 291 g/mol. The highest BCUT2D eigenvalue weighted by Crippen LogP contribution is 2.28. The van der Waals surface area contributed by atoms with Crippen molar-refractivity contribution < 1.29 is 23.4 Å². The van der Waals surface area contributed by atoms with E-state index < -0.39 is 17.7 Å². The molecule has 0 heterocycles. The highest BCUT2D eigenvalue weighted by molar-refractivity contribution is 7.99. The van der Waals surface area contributed by atoms with Crippen molar-refractivity contribution in [3.8, 4) is 0 Å². The number of aliphatic hydroxyl groups is 1. The Balaban J connectivity index is 2.81. The first kappa shape index (κ1) is 15.9. The predicted molar refractivity (Wildman–Crippen MR) is 68.5 cm³/mol. The van der Waals surface area contributed by atoms with E-state index in [9.17, 15) is 13.6 Å². The van der Waals surface area contributed by atoms with E-state index in [0.717, 1.165) is 0 Å². The van der Waals surface area contributed by atoms with Gasteiger partial charge in [0.1, 0.15) is 0 Å². The maximum Gasteiger partial charge on any atom is 0.288 e. The number of alkyl halides is 2. The van der Waals surface area contributed by atoms with E-state index in [0.29, 0.717) is 11.8 Å². The van der Waals surface area contributed by atoms with E-state index in [1.54, 1.807) is 12.1 Å². The summed E-state index contributed by atoms with van der Waals surface area (Å²) in [4.78, 5) is 12.2. The minimum absolute atomic E-state index is 0.145. The number of amides is 1. The Morgan fingerprint density at radius 2 is 2.16 bits per heavy atom. The minimum Gasteiger partial charge on any atom is -0.394 e. The van der Waals surface area contributed by atoms with Crippen molar-refractivity contribution in [3.05, 3.63) is 29.8 Å². The Labute approximate surface area is 114 Å². The highest BCUT2D eigenvalue weighted by Gasteiger charge is 2.17. The van der Waals surface area contributed by atoms with Gasteiger partial charge < -0.3 is 15.2 Å². The summed E-state index contributed by atoms with van der Waals surface area (Å²) in [5.74, 6) is -3.11. The molecule has 0 aliphatic heterocycles. The van der Waals surface area contributed by atoms with Crippen LogP contribution in [0, 0.1) is 0 Å². The van der Waals surface area contributed by atoms with Crippen LogP contribution in [-0.4, -0.2) is 43.1 Å². The summed E-state index contributed by atoms with van der Waals surface area (Å²) in [6.07, 6.45) is 0. The van der Waals surface area contributed by atoms with Crippen LogP contribution >= 0.6 is 11.8 Å². The number of carbonyl (C=O) groups excluding carboxylic acids is 1. The summed E-state index contributed by atoms with van der Waals surface area (Å²) in [5, 5.41) is 11.6. The summed E-state index contributed by atoms with van der Waals surface area (Å²) in [5.41, 5.74) is 0.155. The summed E-state index contributed by atoms with van der Waals surface area (Å²) < 4.78 is 29.6. The second-order valence-corrected chi connectivity index (χ2v) is 4.71. The molecule has 1 aromatic rings. The fraction of sp³-hybridized carbons (Fsp3) is 0.417. The van der Waals surface area contributed by atoms with Gasteiger partial charge in [-0.1, -0.05) is 23.9 Å². The number of hydrogen-bond acceptors (Lipinski definition) is 4.